The van der Waals surface area contributed by atoms with Crippen molar-refractivity contribution in [3.63, 3.8) is 0 Å². The second-order valence-electron chi connectivity index (χ2n) is 3.11. The van der Waals surface area contributed by atoms with E-state index < -0.39 is 16.8 Å². The minimum Gasteiger partial charge on any atom is -0.479 e. The number of carboxylic acid groups (broad SMARTS) is 1. The lowest BCUT2D eigenvalue weighted by Gasteiger charge is -2.27. The van der Waals surface area contributed by atoms with Crippen LogP contribution in [0.5, 0.6) is 0 Å². The van der Waals surface area contributed by atoms with Gasteiger partial charge < -0.3 is 10.2 Å². The summed E-state index contributed by atoms with van der Waals surface area (Å²) >= 11 is 4.00. The molecule has 3 nitrogen and oxygen atoms in total. The molecule has 76 valence electrons. The Kier molecular flexibility index (Phi) is 3.18. The molecule has 0 spiro atoms. The lowest BCUT2D eigenvalue weighted by atomic mass is 9.91. The van der Waals surface area contributed by atoms with Crippen molar-refractivity contribution >= 4 is 18.6 Å². The average Bonchev–Trinajstić information content (AvgIpc) is 2.17. The van der Waals surface area contributed by atoms with E-state index >= 15 is 0 Å². The topological polar surface area (TPSA) is 57.5 Å². The van der Waals surface area contributed by atoms with Crippen LogP contribution in [0.1, 0.15) is 12.5 Å². The molecule has 1 rings (SSSR count). The normalized spacial score (nSPS) is 17.1. The number of rotatable bonds is 3. The van der Waals surface area contributed by atoms with Gasteiger partial charge in [0, 0.05) is 5.25 Å². The van der Waals surface area contributed by atoms with E-state index in [0.29, 0.717) is 5.56 Å². The quantitative estimate of drug-likeness (QED) is 0.661. The highest BCUT2D eigenvalue weighted by atomic mass is 32.1. The average molecular weight is 212 g/mol. The van der Waals surface area contributed by atoms with Gasteiger partial charge in [0.2, 0.25) is 0 Å². The van der Waals surface area contributed by atoms with Crippen LogP contribution >= 0.6 is 12.6 Å². The molecule has 0 aliphatic heterocycles. The molecule has 1 aromatic rings. The second kappa shape index (κ2) is 4.02. The Hall–Kier alpha value is -1.00. The van der Waals surface area contributed by atoms with Gasteiger partial charge in [0.25, 0.3) is 0 Å². The summed E-state index contributed by atoms with van der Waals surface area (Å²) in [6, 6.07) is 8.26. The van der Waals surface area contributed by atoms with E-state index in [1.165, 1.54) is 0 Å². The number of aliphatic carboxylic acids is 1. The van der Waals surface area contributed by atoms with Crippen LogP contribution in [-0.2, 0) is 10.4 Å². The first-order valence-corrected chi connectivity index (χ1v) is 4.70. The smallest absolute Gasteiger partial charge is 0.341 e. The van der Waals surface area contributed by atoms with E-state index in [1.807, 2.05) is 0 Å². The van der Waals surface area contributed by atoms with Gasteiger partial charge in [-0.3, -0.25) is 0 Å². The van der Waals surface area contributed by atoms with Crippen molar-refractivity contribution < 1.29 is 15.0 Å². The van der Waals surface area contributed by atoms with Gasteiger partial charge in [0.1, 0.15) is 0 Å². The highest BCUT2D eigenvalue weighted by Crippen LogP contribution is 2.28. The molecule has 1 aromatic carbocycles. The lowest BCUT2D eigenvalue weighted by molar-refractivity contribution is -0.159. The van der Waals surface area contributed by atoms with Crippen LogP contribution in [0.4, 0.5) is 0 Å². The SMILES string of the molecule is CC(S)C(O)(C(=O)O)c1ccccc1. The molecule has 0 radical (unpaired) electrons. The maximum atomic E-state index is 11.0. The van der Waals surface area contributed by atoms with Crippen LogP contribution in [0, 0.1) is 0 Å². The Morgan fingerprint density at radius 1 is 1.43 bits per heavy atom. The van der Waals surface area contributed by atoms with Gasteiger partial charge in [-0.25, -0.2) is 4.79 Å². The van der Waals surface area contributed by atoms with Crippen LogP contribution in [0.15, 0.2) is 30.3 Å². The second-order valence-corrected chi connectivity index (χ2v) is 3.89. The monoisotopic (exact) mass is 212 g/mol. The molecule has 0 saturated carbocycles. The Labute approximate surface area is 87.8 Å². The van der Waals surface area contributed by atoms with Gasteiger partial charge in [-0.1, -0.05) is 30.3 Å². The number of carboxylic acids is 1. The van der Waals surface area contributed by atoms with E-state index in [-0.39, 0.29) is 0 Å². The van der Waals surface area contributed by atoms with Crippen LogP contribution in [0.2, 0.25) is 0 Å². The molecule has 2 N–H and O–H groups in total. The van der Waals surface area contributed by atoms with Crippen LogP contribution in [-0.4, -0.2) is 21.4 Å². The molecule has 0 aromatic heterocycles. The zero-order valence-corrected chi connectivity index (χ0v) is 8.61. The summed E-state index contributed by atoms with van der Waals surface area (Å²) in [7, 11) is 0. The van der Waals surface area contributed by atoms with Gasteiger partial charge in [0.15, 0.2) is 5.60 Å². The minimum absolute atomic E-state index is 0.343. The fourth-order valence-corrected chi connectivity index (χ4v) is 1.50. The van der Waals surface area contributed by atoms with Crippen molar-refractivity contribution in [1.29, 1.82) is 0 Å². The zero-order chi connectivity index (χ0) is 10.8. The summed E-state index contributed by atoms with van der Waals surface area (Å²) in [4.78, 5) is 11.0. The predicted molar refractivity (Wildman–Crippen MR) is 56.4 cm³/mol. The molecular weight excluding hydrogens is 200 g/mol. The predicted octanol–water partition coefficient (Wildman–Crippen LogP) is 1.28. The number of aliphatic hydroxyl groups is 1. The number of thiol groups is 1. The van der Waals surface area contributed by atoms with E-state index in [2.05, 4.69) is 12.6 Å². The van der Waals surface area contributed by atoms with E-state index in [9.17, 15) is 9.90 Å². The minimum atomic E-state index is -1.93. The molecule has 14 heavy (non-hydrogen) atoms. The van der Waals surface area contributed by atoms with Gasteiger partial charge in [-0.15, -0.1) is 0 Å². The maximum Gasteiger partial charge on any atom is 0.341 e. The summed E-state index contributed by atoms with van der Waals surface area (Å²) in [6.45, 7) is 1.55. The summed E-state index contributed by atoms with van der Waals surface area (Å²) in [5.74, 6) is -1.29. The summed E-state index contributed by atoms with van der Waals surface area (Å²) < 4.78 is 0. The molecule has 0 aliphatic carbocycles. The van der Waals surface area contributed by atoms with E-state index in [1.54, 1.807) is 37.3 Å². The molecule has 4 heteroatoms. The third-order valence-electron chi connectivity index (χ3n) is 2.14. The van der Waals surface area contributed by atoms with Gasteiger partial charge >= 0.3 is 5.97 Å². The van der Waals surface area contributed by atoms with Crippen molar-refractivity contribution in [2.24, 2.45) is 0 Å². The maximum absolute atomic E-state index is 11.0. The molecule has 0 fully saturated rings. The Balaban J connectivity index is 3.20. The van der Waals surface area contributed by atoms with Crippen LogP contribution in [0.25, 0.3) is 0 Å². The fourth-order valence-electron chi connectivity index (χ4n) is 1.24. The Morgan fingerprint density at radius 2 is 1.93 bits per heavy atom. The summed E-state index contributed by atoms with van der Waals surface area (Å²) in [6.07, 6.45) is 0. The first-order valence-electron chi connectivity index (χ1n) is 4.19. The van der Waals surface area contributed by atoms with Crippen LogP contribution in [0.3, 0.4) is 0 Å². The Morgan fingerprint density at radius 3 is 2.29 bits per heavy atom. The van der Waals surface area contributed by atoms with Gasteiger partial charge in [-0.2, -0.15) is 12.6 Å². The third kappa shape index (κ3) is 1.76. The molecule has 2 atom stereocenters. The van der Waals surface area contributed by atoms with E-state index in [4.69, 9.17) is 5.11 Å². The largest absolute Gasteiger partial charge is 0.479 e. The summed E-state index contributed by atoms with van der Waals surface area (Å²) in [5.41, 5.74) is -1.58. The lowest BCUT2D eigenvalue weighted by Crippen LogP contribution is -2.42. The first-order chi connectivity index (χ1) is 6.49. The molecule has 2 unspecified atom stereocenters. The standard InChI is InChI=1S/C10H12O3S/c1-7(14)10(13,9(11)12)8-5-3-2-4-6-8/h2-7,13-14H,1H3,(H,11,12). The first kappa shape index (κ1) is 11.1. The molecule has 0 heterocycles. The highest BCUT2D eigenvalue weighted by Gasteiger charge is 2.41. The molecule has 0 aliphatic rings. The highest BCUT2D eigenvalue weighted by molar-refractivity contribution is 7.81. The molecular formula is C10H12O3S. The van der Waals surface area contributed by atoms with Crippen molar-refractivity contribution in [2.45, 2.75) is 17.8 Å². The number of carbonyl (C=O) groups is 1. The van der Waals surface area contributed by atoms with Gasteiger partial charge in [0.05, 0.1) is 0 Å². The summed E-state index contributed by atoms with van der Waals surface area (Å²) in [5, 5.41) is 18.2. The van der Waals surface area contributed by atoms with Crippen molar-refractivity contribution in [3.05, 3.63) is 35.9 Å². The van der Waals surface area contributed by atoms with Gasteiger partial charge in [-0.05, 0) is 12.5 Å². The Bertz CT molecular complexity index is 323. The van der Waals surface area contributed by atoms with E-state index in [0.717, 1.165) is 0 Å². The zero-order valence-electron chi connectivity index (χ0n) is 7.71. The van der Waals surface area contributed by atoms with Crippen LogP contribution < -0.4 is 0 Å². The van der Waals surface area contributed by atoms with Crippen molar-refractivity contribution in [3.8, 4) is 0 Å². The van der Waals surface area contributed by atoms with Crippen molar-refractivity contribution in [2.75, 3.05) is 0 Å². The molecule has 0 bridgehead atoms. The fraction of sp³-hybridized carbons (Fsp3) is 0.300. The number of benzene rings is 1. The molecule has 0 saturated heterocycles. The third-order valence-corrected chi connectivity index (χ3v) is 2.52. The number of hydrogen-bond acceptors (Lipinski definition) is 3. The molecule has 0 amide bonds. The number of hydrogen-bond donors (Lipinski definition) is 3. The van der Waals surface area contributed by atoms with Crippen molar-refractivity contribution in [1.82, 2.24) is 0 Å².